The molecule has 126 valence electrons. The maximum atomic E-state index is 13.0. The highest BCUT2D eigenvalue weighted by molar-refractivity contribution is 9.10. The third-order valence-electron chi connectivity index (χ3n) is 4.30. The van der Waals surface area contributed by atoms with E-state index in [-0.39, 0.29) is 23.8 Å². The van der Waals surface area contributed by atoms with Crippen molar-refractivity contribution < 1.29 is 14.3 Å². The first-order valence-corrected chi connectivity index (χ1v) is 8.81. The van der Waals surface area contributed by atoms with E-state index in [2.05, 4.69) is 20.9 Å². The predicted molar refractivity (Wildman–Crippen MR) is 91.0 cm³/mol. The van der Waals surface area contributed by atoms with Crippen molar-refractivity contribution >= 4 is 27.8 Å². The molecular weight excluding hydrogens is 360 g/mol. The largest absolute Gasteiger partial charge is 0.469 e. The van der Waals surface area contributed by atoms with Gasteiger partial charge in [0.2, 0.25) is 0 Å². The number of hydrogen-bond acceptors (Lipinski definition) is 4. The fraction of sp³-hybridized carbons (Fsp3) is 0.588. The third-order valence-corrected chi connectivity index (χ3v) is 4.74. The Morgan fingerprint density at radius 2 is 2.04 bits per heavy atom. The molecule has 1 aromatic rings. The van der Waals surface area contributed by atoms with Gasteiger partial charge in [-0.2, -0.15) is 0 Å². The Hall–Kier alpha value is -1.43. The van der Waals surface area contributed by atoms with Gasteiger partial charge >= 0.3 is 5.97 Å². The smallest absolute Gasteiger partial charge is 0.310 e. The van der Waals surface area contributed by atoms with Gasteiger partial charge in [0.15, 0.2) is 0 Å². The Labute approximate surface area is 145 Å². The quantitative estimate of drug-likeness (QED) is 0.731. The number of methoxy groups -OCH3 is 1. The molecule has 0 aliphatic heterocycles. The molecule has 0 bridgehead atoms. The molecule has 0 spiro atoms. The van der Waals surface area contributed by atoms with Gasteiger partial charge in [-0.1, -0.05) is 26.2 Å². The summed E-state index contributed by atoms with van der Waals surface area (Å²) in [5.41, 5.74) is 0.544. The number of pyridine rings is 1. The lowest BCUT2D eigenvalue weighted by Crippen LogP contribution is -2.45. The highest BCUT2D eigenvalue weighted by Crippen LogP contribution is 2.25. The maximum absolute atomic E-state index is 13.0. The summed E-state index contributed by atoms with van der Waals surface area (Å²) < 4.78 is 5.58. The van der Waals surface area contributed by atoms with Crippen LogP contribution in [0.1, 0.15) is 49.4 Å². The number of carbonyl (C=O) groups is 2. The van der Waals surface area contributed by atoms with Crippen molar-refractivity contribution in [2.45, 2.75) is 45.1 Å². The van der Waals surface area contributed by atoms with Crippen LogP contribution in [0.4, 0.5) is 0 Å². The number of carbonyl (C=O) groups excluding carboxylic acids is 2. The zero-order valence-corrected chi connectivity index (χ0v) is 15.2. The SMILES string of the molecule is COC(=O)C(C)CN(C(=O)c1cncc(Br)c1)C1CCCCC1. The van der Waals surface area contributed by atoms with Crippen LogP contribution in [-0.4, -0.2) is 41.5 Å². The van der Waals surface area contributed by atoms with Gasteiger partial charge < -0.3 is 9.64 Å². The summed E-state index contributed by atoms with van der Waals surface area (Å²) in [5.74, 6) is -0.696. The molecule has 1 saturated carbocycles. The monoisotopic (exact) mass is 382 g/mol. The highest BCUT2D eigenvalue weighted by atomic mass is 79.9. The van der Waals surface area contributed by atoms with Gasteiger partial charge in [-0.15, -0.1) is 0 Å². The minimum Gasteiger partial charge on any atom is -0.469 e. The second kappa shape index (κ2) is 8.43. The van der Waals surface area contributed by atoms with Crippen LogP contribution in [0, 0.1) is 5.92 Å². The Morgan fingerprint density at radius 3 is 2.65 bits per heavy atom. The molecule has 23 heavy (non-hydrogen) atoms. The third kappa shape index (κ3) is 4.77. The zero-order chi connectivity index (χ0) is 16.8. The standard InChI is InChI=1S/C17H23BrN2O3/c1-12(17(22)23-2)11-20(15-6-4-3-5-7-15)16(21)13-8-14(18)10-19-9-13/h8-10,12,15H,3-7,11H2,1-2H3. The van der Waals surface area contributed by atoms with Gasteiger partial charge in [-0.25, -0.2) is 0 Å². The molecule has 0 saturated heterocycles. The lowest BCUT2D eigenvalue weighted by molar-refractivity contribution is -0.145. The van der Waals surface area contributed by atoms with Crippen LogP contribution in [-0.2, 0) is 9.53 Å². The topological polar surface area (TPSA) is 59.5 Å². The Kier molecular flexibility index (Phi) is 6.57. The van der Waals surface area contributed by atoms with Crippen LogP contribution in [0.2, 0.25) is 0 Å². The van der Waals surface area contributed by atoms with Crippen LogP contribution >= 0.6 is 15.9 Å². The summed E-state index contributed by atoms with van der Waals surface area (Å²) in [5, 5.41) is 0. The van der Waals surface area contributed by atoms with Crippen LogP contribution in [0.25, 0.3) is 0 Å². The fourth-order valence-electron chi connectivity index (χ4n) is 3.06. The Morgan fingerprint density at radius 1 is 1.35 bits per heavy atom. The molecule has 1 fully saturated rings. The molecule has 1 aromatic heterocycles. The van der Waals surface area contributed by atoms with Gasteiger partial charge in [0.25, 0.3) is 5.91 Å². The number of halogens is 1. The summed E-state index contributed by atoms with van der Waals surface area (Å²) in [6, 6.07) is 1.95. The minimum atomic E-state index is -0.342. The molecule has 5 nitrogen and oxygen atoms in total. The fourth-order valence-corrected chi connectivity index (χ4v) is 3.42. The maximum Gasteiger partial charge on any atom is 0.310 e. The first kappa shape index (κ1) is 17.9. The number of hydrogen-bond donors (Lipinski definition) is 0. The van der Waals surface area contributed by atoms with Crippen LogP contribution in [0.15, 0.2) is 22.9 Å². The summed E-state index contributed by atoms with van der Waals surface area (Å²) in [6.45, 7) is 2.18. The van der Waals surface area contributed by atoms with E-state index in [0.717, 1.165) is 30.2 Å². The highest BCUT2D eigenvalue weighted by Gasteiger charge is 2.29. The molecule has 0 aromatic carbocycles. The van der Waals surface area contributed by atoms with E-state index in [1.54, 1.807) is 25.4 Å². The Bertz CT molecular complexity index is 559. The minimum absolute atomic E-state index is 0.0681. The van der Waals surface area contributed by atoms with Gasteiger partial charge in [0.1, 0.15) is 0 Å². The normalized spacial score (nSPS) is 16.7. The number of esters is 1. The molecule has 0 radical (unpaired) electrons. The lowest BCUT2D eigenvalue weighted by atomic mass is 9.93. The molecule has 1 aliphatic rings. The van der Waals surface area contributed by atoms with Gasteiger partial charge in [0.05, 0.1) is 18.6 Å². The lowest BCUT2D eigenvalue weighted by Gasteiger charge is -2.35. The summed E-state index contributed by atoms with van der Waals surface area (Å²) in [7, 11) is 1.38. The van der Waals surface area contributed by atoms with Crippen molar-refractivity contribution in [2.24, 2.45) is 5.92 Å². The average molecular weight is 383 g/mol. The molecule has 2 rings (SSSR count). The molecule has 1 atom stereocenters. The number of amides is 1. The molecule has 0 N–H and O–H groups in total. The predicted octanol–water partition coefficient (Wildman–Crippen LogP) is 3.43. The number of ether oxygens (including phenoxy) is 1. The Balaban J connectivity index is 2.21. The van der Waals surface area contributed by atoms with Gasteiger partial charge in [0, 0.05) is 29.5 Å². The van der Waals surface area contributed by atoms with Crippen molar-refractivity contribution in [3.05, 3.63) is 28.5 Å². The summed E-state index contributed by atoms with van der Waals surface area (Å²) in [4.78, 5) is 30.6. The van der Waals surface area contributed by atoms with Crippen molar-refractivity contribution in [3.63, 3.8) is 0 Å². The second-order valence-electron chi connectivity index (χ2n) is 6.07. The van der Waals surface area contributed by atoms with Crippen LogP contribution < -0.4 is 0 Å². The van der Waals surface area contributed by atoms with E-state index in [4.69, 9.17) is 4.74 Å². The van der Waals surface area contributed by atoms with Crippen LogP contribution in [0.5, 0.6) is 0 Å². The number of aromatic nitrogens is 1. The summed E-state index contributed by atoms with van der Waals surface area (Å²) >= 11 is 3.35. The van der Waals surface area contributed by atoms with Crippen LogP contribution in [0.3, 0.4) is 0 Å². The van der Waals surface area contributed by atoms with Gasteiger partial charge in [-0.3, -0.25) is 14.6 Å². The van der Waals surface area contributed by atoms with E-state index in [0.29, 0.717) is 12.1 Å². The van der Waals surface area contributed by atoms with E-state index in [1.807, 2.05) is 4.90 Å². The first-order valence-electron chi connectivity index (χ1n) is 8.02. The van der Waals surface area contributed by atoms with Crippen molar-refractivity contribution in [3.8, 4) is 0 Å². The van der Waals surface area contributed by atoms with Crippen molar-refractivity contribution in [1.29, 1.82) is 0 Å². The van der Waals surface area contributed by atoms with E-state index in [1.165, 1.54) is 13.5 Å². The van der Waals surface area contributed by atoms with E-state index in [9.17, 15) is 9.59 Å². The molecule has 1 unspecified atom stereocenters. The zero-order valence-electron chi connectivity index (χ0n) is 13.6. The second-order valence-corrected chi connectivity index (χ2v) is 6.98. The molecular formula is C17H23BrN2O3. The molecule has 1 aliphatic carbocycles. The molecule has 1 amide bonds. The van der Waals surface area contributed by atoms with E-state index < -0.39 is 0 Å². The number of rotatable bonds is 5. The summed E-state index contributed by atoms with van der Waals surface area (Å²) in [6.07, 6.45) is 8.66. The first-order chi connectivity index (χ1) is 11.0. The molecule has 1 heterocycles. The van der Waals surface area contributed by atoms with Crippen molar-refractivity contribution in [1.82, 2.24) is 9.88 Å². The number of nitrogens with zero attached hydrogens (tertiary/aromatic N) is 2. The van der Waals surface area contributed by atoms with E-state index >= 15 is 0 Å². The van der Waals surface area contributed by atoms with Gasteiger partial charge in [-0.05, 0) is 34.8 Å². The average Bonchev–Trinajstić information content (AvgIpc) is 2.58. The van der Waals surface area contributed by atoms with Crippen molar-refractivity contribution in [2.75, 3.05) is 13.7 Å². The molecule has 6 heteroatoms.